The van der Waals surface area contributed by atoms with Crippen LogP contribution in [0.4, 0.5) is 10.5 Å². The quantitative estimate of drug-likeness (QED) is 0.156. The van der Waals surface area contributed by atoms with Gasteiger partial charge in [0, 0.05) is 44.2 Å². The summed E-state index contributed by atoms with van der Waals surface area (Å²) in [7, 11) is 3.24. The van der Waals surface area contributed by atoms with Crippen molar-refractivity contribution in [3.63, 3.8) is 0 Å². The van der Waals surface area contributed by atoms with E-state index in [-0.39, 0.29) is 66.0 Å². The van der Waals surface area contributed by atoms with Crippen molar-refractivity contribution < 1.29 is 33.6 Å². The number of amides is 2. The second-order valence-corrected chi connectivity index (χ2v) is 13.9. The van der Waals surface area contributed by atoms with Crippen LogP contribution >= 0.6 is 0 Å². The summed E-state index contributed by atoms with van der Waals surface area (Å²) < 4.78 is 11.2. The maximum atomic E-state index is 13.6. The molecule has 0 saturated heterocycles. The summed E-state index contributed by atoms with van der Waals surface area (Å²) in [5.74, 6) is -0.465. The molecule has 0 aromatic heterocycles. The molecule has 0 aliphatic heterocycles. The minimum Gasteiger partial charge on any atom is -0.410 e. The van der Waals surface area contributed by atoms with Crippen LogP contribution in [0.2, 0.25) is 0 Å². The number of nitrogens with one attached hydrogen (secondary N) is 1. The summed E-state index contributed by atoms with van der Waals surface area (Å²) in [5, 5.41) is 13.2. The zero-order valence-electron chi connectivity index (χ0n) is 29.1. The number of non-ortho nitro benzene ring substituents is 1. The van der Waals surface area contributed by atoms with Gasteiger partial charge in [-0.1, -0.05) is 41.0 Å². The molecule has 0 fully saturated rings. The Kier molecular flexibility index (Phi) is 14.3. The van der Waals surface area contributed by atoms with E-state index < -0.39 is 22.0 Å². The third-order valence-electron chi connectivity index (χ3n) is 9.15. The number of nitro groups is 1. The summed E-state index contributed by atoms with van der Waals surface area (Å²) in [6, 6.07) is 5.01. The molecule has 12 nitrogen and oxygen atoms in total. The Bertz CT molecular complexity index is 1190. The van der Waals surface area contributed by atoms with Crippen LogP contribution < -0.4 is 10.1 Å². The molecule has 12 heteroatoms. The number of nitrogens with zero attached hydrogens (tertiary/aromatic N) is 3. The Morgan fingerprint density at radius 3 is 2.00 bits per heavy atom. The molecule has 45 heavy (non-hydrogen) atoms. The first-order valence-corrected chi connectivity index (χ1v) is 15.4. The number of benzene rings is 1. The minimum absolute atomic E-state index is 0.0137. The lowest BCUT2D eigenvalue weighted by Gasteiger charge is -2.43. The summed E-state index contributed by atoms with van der Waals surface area (Å²) >= 11 is 0. The fourth-order valence-corrected chi connectivity index (χ4v) is 4.51. The van der Waals surface area contributed by atoms with Crippen LogP contribution in [0, 0.1) is 20.9 Å². The second kappa shape index (κ2) is 16.3. The van der Waals surface area contributed by atoms with E-state index in [4.69, 9.17) is 9.47 Å². The normalized spacial score (nSPS) is 12.5. The van der Waals surface area contributed by atoms with Gasteiger partial charge in [0.1, 0.15) is 5.75 Å². The summed E-state index contributed by atoms with van der Waals surface area (Å²) in [6.07, 6.45) is 1.81. The molecular formula is C33H54N4O8. The lowest BCUT2D eigenvalue weighted by atomic mass is 9.63. The molecule has 1 N–H and O–H groups in total. The topological polar surface area (TPSA) is 148 Å². The third kappa shape index (κ3) is 11.8. The van der Waals surface area contributed by atoms with Gasteiger partial charge in [0.15, 0.2) is 11.6 Å². The Balaban J connectivity index is 2.63. The van der Waals surface area contributed by atoms with E-state index in [1.807, 2.05) is 13.8 Å². The first-order valence-electron chi connectivity index (χ1n) is 15.4. The minimum atomic E-state index is -1.02. The largest absolute Gasteiger partial charge is 0.412 e. The van der Waals surface area contributed by atoms with E-state index in [2.05, 4.69) is 39.9 Å². The van der Waals surface area contributed by atoms with Crippen molar-refractivity contribution in [3.8, 4) is 5.75 Å². The highest BCUT2D eigenvalue weighted by atomic mass is 16.6. The van der Waals surface area contributed by atoms with Gasteiger partial charge in [-0.05, 0) is 65.1 Å². The van der Waals surface area contributed by atoms with E-state index in [1.54, 1.807) is 25.8 Å². The molecule has 0 atom stereocenters. The molecule has 1 aromatic rings. The number of likely N-dealkylation sites (N-methyl/N-ethyl adjacent to an activating group) is 2. The second-order valence-electron chi connectivity index (χ2n) is 13.9. The van der Waals surface area contributed by atoms with Crippen molar-refractivity contribution in [1.29, 1.82) is 0 Å². The third-order valence-corrected chi connectivity index (χ3v) is 9.15. The summed E-state index contributed by atoms with van der Waals surface area (Å²) in [5.41, 5.74) is -2.40. The van der Waals surface area contributed by atoms with Gasteiger partial charge in [0.05, 0.1) is 29.2 Å². The van der Waals surface area contributed by atoms with Crippen LogP contribution in [-0.2, 0) is 19.1 Å². The zero-order chi connectivity index (χ0) is 34.8. The van der Waals surface area contributed by atoms with E-state index in [0.29, 0.717) is 13.0 Å². The molecule has 0 unspecified atom stereocenters. The Labute approximate surface area is 268 Å². The fraction of sp³-hybridized carbons (Fsp3) is 0.697. The average molecular weight is 635 g/mol. The molecule has 0 saturated carbocycles. The first-order chi connectivity index (χ1) is 20.6. The van der Waals surface area contributed by atoms with E-state index >= 15 is 0 Å². The van der Waals surface area contributed by atoms with E-state index in [0.717, 1.165) is 12.8 Å². The molecule has 1 rings (SSSR count). The van der Waals surface area contributed by atoms with Crippen LogP contribution in [0.25, 0.3) is 0 Å². The van der Waals surface area contributed by atoms with Crippen LogP contribution in [0.5, 0.6) is 5.75 Å². The monoisotopic (exact) mass is 634 g/mol. The van der Waals surface area contributed by atoms with Crippen molar-refractivity contribution in [2.75, 3.05) is 40.3 Å². The van der Waals surface area contributed by atoms with Crippen LogP contribution in [0.15, 0.2) is 24.3 Å². The number of carbonyl (C=O) groups excluding carboxylic acids is 4. The Morgan fingerprint density at radius 1 is 0.889 bits per heavy atom. The van der Waals surface area contributed by atoms with Gasteiger partial charge in [-0.2, -0.15) is 0 Å². The zero-order valence-corrected chi connectivity index (χ0v) is 29.1. The highest BCUT2D eigenvalue weighted by molar-refractivity contribution is 5.93. The number of ether oxygens (including phenoxy) is 2. The van der Waals surface area contributed by atoms with Gasteiger partial charge in [0.25, 0.3) is 5.69 Å². The number of hydrogen-bond acceptors (Lipinski definition) is 9. The standard InChI is InChI=1S/C33H54N4O8/c1-12-18-31(4,5)44-21-19-30(2,3)32(6,7)26(38)23-36(11)33(8,9)27(39)22-35(10)28(40)17-20-34-29(41)45-25-15-13-24(14-16-25)37(42)43/h13-16H,12,17-23H2,1-11H3,(H,34,41). The molecule has 2 amide bonds. The molecular weight excluding hydrogens is 580 g/mol. The number of hydrogen-bond donors (Lipinski definition) is 1. The van der Waals surface area contributed by atoms with Crippen molar-refractivity contribution >= 4 is 29.3 Å². The Morgan fingerprint density at radius 2 is 1.47 bits per heavy atom. The number of rotatable bonds is 19. The van der Waals surface area contributed by atoms with Gasteiger partial charge >= 0.3 is 6.09 Å². The smallest absolute Gasteiger partial charge is 0.410 e. The predicted molar refractivity (Wildman–Crippen MR) is 173 cm³/mol. The van der Waals surface area contributed by atoms with Crippen molar-refractivity contribution in [3.05, 3.63) is 34.4 Å². The van der Waals surface area contributed by atoms with Crippen LogP contribution in [0.1, 0.15) is 88.0 Å². The lowest BCUT2D eigenvalue weighted by Crippen LogP contribution is -2.55. The molecule has 0 spiro atoms. The van der Waals surface area contributed by atoms with Crippen LogP contribution in [-0.4, -0.2) is 89.8 Å². The summed E-state index contributed by atoms with van der Waals surface area (Å²) in [6.45, 7) is 18.2. The van der Waals surface area contributed by atoms with Gasteiger partial charge in [-0.15, -0.1) is 0 Å². The van der Waals surface area contributed by atoms with Gasteiger partial charge < -0.3 is 19.7 Å². The number of Topliss-reactive ketones (excluding diaryl/α,β-unsaturated/α-hetero) is 2. The van der Waals surface area contributed by atoms with Crippen LogP contribution in [0.3, 0.4) is 0 Å². The molecule has 1 aromatic carbocycles. The molecule has 0 radical (unpaired) electrons. The lowest BCUT2D eigenvalue weighted by molar-refractivity contribution is -0.384. The Hall–Kier alpha value is -3.38. The highest BCUT2D eigenvalue weighted by Crippen LogP contribution is 2.43. The van der Waals surface area contributed by atoms with Crippen molar-refractivity contribution in [2.24, 2.45) is 10.8 Å². The van der Waals surface area contributed by atoms with Gasteiger partial charge in [-0.3, -0.25) is 29.4 Å². The number of carbonyl (C=O) groups is 4. The molecule has 0 bridgehead atoms. The van der Waals surface area contributed by atoms with Crippen molar-refractivity contribution in [2.45, 2.75) is 99.1 Å². The molecule has 0 heterocycles. The maximum Gasteiger partial charge on any atom is 0.412 e. The molecule has 254 valence electrons. The summed E-state index contributed by atoms with van der Waals surface area (Å²) in [4.78, 5) is 64.7. The number of ketones is 2. The molecule has 0 aliphatic rings. The maximum absolute atomic E-state index is 13.6. The van der Waals surface area contributed by atoms with E-state index in [1.165, 1.54) is 36.2 Å². The predicted octanol–water partition coefficient (Wildman–Crippen LogP) is 5.42. The van der Waals surface area contributed by atoms with Gasteiger partial charge in [0.2, 0.25) is 5.91 Å². The first kappa shape index (κ1) is 39.6. The average Bonchev–Trinajstić information content (AvgIpc) is 2.92. The fourth-order valence-electron chi connectivity index (χ4n) is 4.51. The number of nitro benzene ring substituents is 1. The van der Waals surface area contributed by atoms with Crippen molar-refractivity contribution in [1.82, 2.24) is 15.1 Å². The SMILES string of the molecule is CCCC(C)(C)OCCC(C)(C)C(C)(C)C(=O)CN(C)C(C)(C)C(=O)CN(C)C(=O)CCNC(=O)Oc1ccc([N+](=O)[O-])cc1. The van der Waals surface area contributed by atoms with E-state index in [9.17, 15) is 29.3 Å². The highest BCUT2D eigenvalue weighted by Gasteiger charge is 2.44. The molecule has 0 aliphatic carbocycles. The van der Waals surface area contributed by atoms with Gasteiger partial charge in [-0.25, -0.2) is 4.79 Å².